The molecular formula is C57H39N3. The first kappa shape index (κ1) is 36.3. The highest BCUT2D eigenvalue weighted by Gasteiger charge is 2.25. The van der Waals surface area contributed by atoms with E-state index in [1.165, 1.54) is 5.56 Å². The molecule has 0 bridgehead atoms. The van der Waals surface area contributed by atoms with Crippen LogP contribution >= 0.6 is 0 Å². The van der Waals surface area contributed by atoms with Crippen LogP contribution in [0.2, 0.25) is 0 Å². The third-order valence-electron chi connectivity index (χ3n) is 10.9. The summed E-state index contributed by atoms with van der Waals surface area (Å²) in [5.74, 6) is 0.674. The summed E-state index contributed by atoms with van der Waals surface area (Å²) in [6.45, 7) is 0. The average Bonchev–Trinajstić information content (AvgIpc) is 3.35. The molecule has 3 heteroatoms. The lowest BCUT2D eigenvalue weighted by Gasteiger charge is -2.23. The van der Waals surface area contributed by atoms with E-state index in [2.05, 4.69) is 224 Å². The Morgan fingerprint density at radius 1 is 0.200 bits per heavy atom. The maximum Gasteiger partial charge on any atom is 0.160 e. The lowest BCUT2D eigenvalue weighted by Crippen LogP contribution is -2.01. The Bertz CT molecular complexity index is 2920. The van der Waals surface area contributed by atoms with Gasteiger partial charge in [-0.2, -0.15) is 0 Å². The van der Waals surface area contributed by atoms with Crippen molar-refractivity contribution >= 4 is 0 Å². The molecule has 0 radical (unpaired) electrons. The van der Waals surface area contributed by atoms with Crippen molar-refractivity contribution < 1.29 is 0 Å². The van der Waals surface area contributed by atoms with E-state index in [0.717, 1.165) is 89.5 Å². The van der Waals surface area contributed by atoms with Gasteiger partial charge in [-0.25, -0.2) is 15.0 Å². The summed E-state index contributed by atoms with van der Waals surface area (Å²) >= 11 is 0. The van der Waals surface area contributed by atoms with E-state index in [1.54, 1.807) is 0 Å². The van der Waals surface area contributed by atoms with Crippen LogP contribution in [0.4, 0.5) is 0 Å². The summed E-state index contributed by atoms with van der Waals surface area (Å²) in [5, 5.41) is 0. The van der Waals surface area contributed by atoms with Crippen molar-refractivity contribution in [3.63, 3.8) is 0 Å². The van der Waals surface area contributed by atoms with Gasteiger partial charge in [-0.1, -0.05) is 224 Å². The molecule has 282 valence electrons. The van der Waals surface area contributed by atoms with E-state index >= 15 is 0 Å². The van der Waals surface area contributed by atoms with E-state index in [-0.39, 0.29) is 0 Å². The molecule has 0 fully saturated rings. The van der Waals surface area contributed by atoms with Gasteiger partial charge in [-0.3, -0.25) is 0 Å². The molecule has 0 saturated carbocycles. The van der Waals surface area contributed by atoms with Crippen molar-refractivity contribution in [1.29, 1.82) is 0 Å². The summed E-state index contributed by atoms with van der Waals surface area (Å²) in [7, 11) is 0. The number of pyridine rings is 1. The normalized spacial score (nSPS) is 11.0. The lowest BCUT2D eigenvalue weighted by atomic mass is 9.83. The fourth-order valence-electron chi connectivity index (χ4n) is 8.01. The number of benzene rings is 8. The molecule has 2 aromatic heterocycles. The first-order valence-corrected chi connectivity index (χ1v) is 20.3. The van der Waals surface area contributed by atoms with Crippen molar-refractivity contribution in [2.75, 3.05) is 0 Å². The number of aromatic nitrogens is 3. The summed E-state index contributed by atoms with van der Waals surface area (Å²) in [5.41, 5.74) is 17.5. The van der Waals surface area contributed by atoms with E-state index < -0.39 is 0 Å². The molecule has 60 heavy (non-hydrogen) atoms. The summed E-state index contributed by atoms with van der Waals surface area (Å²) in [6.07, 6.45) is 0. The topological polar surface area (TPSA) is 38.7 Å². The molecule has 0 aliphatic rings. The third kappa shape index (κ3) is 7.32. The molecule has 3 nitrogen and oxygen atoms in total. The smallest absolute Gasteiger partial charge is 0.160 e. The first-order valence-electron chi connectivity index (χ1n) is 20.3. The molecule has 0 N–H and O–H groups in total. The van der Waals surface area contributed by atoms with Crippen molar-refractivity contribution in [2.24, 2.45) is 0 Å². The highest BCUT2D eigenvalue weighted by molar-refractivity contribution is 6.05. The van der Waals surface area contributed by atoms with Crippen LogP contribution in [0.5, 0.6) is 0 Å². The summed E-state index contributed by atoms with van der Waals surface area (Å²) in [6, 6.07) is 82.8. The predicted octanol–water partition coefficient (Wildman–Crippen LogP) is 14.9. The molecule has 0 amide bonds. The third-order valence-corrected chi connectivity index (χ3v) is 10.9. The number of hydrogen-bond donors (Lipinski definition) is 0. The molecule has 0 atom stereocenters. The monoisotopic (exact) mass is 765 g/mol. The molecular weight excluding hydrogens is 727 g/mol. The van der Waals surface area contributed by atoms with Crippen LogP contribution in [0.1, 0.15) is 0 Å². The average molecular weight is 766 g/mol. The summed E-state index contributed by atoms with van der Waals surface area (Å²) in [4.78, 5) is 16.1. The fraction of sp³-hybridized carbons (Fsp3) is 0. The Hall–Kier alpha value is -8.01. The van der Waals surface area contributed by atoms with Crippen molar-refractivity contribution in [3.05, 3.63) is 237 Å². The number of rotatable bonds is 9. The van der Waals surface area contributed by atoms with E-state index in [4.69, 9.17) is 15.0 Å². The van der Waals surface area contributed by atoms with Crippen LogP contribution in [0.25, 0.3) is 101 Å². The minimum absolute atomic E-state index is 0.674. The van der Waals surface area contributed by atoms with Crippen LogP contribution in [-0.2, 0) is 0 Å². The Balaban J connectivity index is 1.23. The van der Waals surface area contributed by atoms with Gasteiger partial charge >= 0.3 is 0 Å². The predicted molar refractivity (Wildman–Crippen MR) is 249 cm³/mol. The SMILES string of the molecule is c1ccc(-c2ccc(-c3nc(-c4ccccc4)cc(-c4cccc(-c5c(-c6ccccc6)c(-c6ccccc6)nc(-c6ccccc6)c5-c5ccccc5)c4)n3)cc2)cc1. The zero-order valence-corrected chi connectivity index (χ0v) is 32.9. The molecule has 10 aromatic rings. The van der Waals surface area contributed by atoms with E-state index in [1.807, 2.05) is 12.1 Å². The van der Waals surface area contributed by atoms with Gasteiger partial charge in [-0.05, 0) is 39.9 Å². The second-order valence-electron chi connectivity index (χ2n) is 14.8. The fourth-order valence-corrected chi connectivity index (χ4v) is 8.01. The van der Waals surface area contributed by atoms with E-state index in [9.17, 15) is 0 Å². The zero-order chi connectivity index (χ0) is 40.1. The minimum Gasteiger partial charge on any atom is -0.246 e. The standard InChI is InChI=1S/C57H39N3/c1-7-20-40(21-8-1)41-34-36-47(37-35-41)57-58-50(42-22-9-2-10-23-42)39-51(59-57)48-32-19-33-49(38-48)52-53(43-24-11-3-12-25-43)55(45-28-15-5-16-29-45)60-56(46-30-17-6-18-31-46)54(52)44-26-13-4-14-27-44/h1-39H. The van der Waals surface area contributed by atoms with Crippen LogP contribution in [0, 0.1) is 0 Å². The quantitative estimate of drug-likeness (QED) is 0.147. The maximum atomic E-state index is 5.63. The Kier molecular flexibility index (Phi) is 9.97. The summed E-state index contributed by atoms with van der Waals surface area (Å²) < 4.78 is 0. The lowest BCUT2D eigenvalue weighted by molar-refractivity contribution is 1.18. The molecule has 0 aliphatic carbocycles. The van der Waals surface area contributed by atoms with E-state index in [0.29, 0.717) is 5.82 Å². The van der Waals surface area contributed by atoms with Gasteiger partial charge in [0.1, 0.15) is 0 Å². The molecule has 0 spiro atoms. The molecule has 2 heterocycles. The zero-order valence-electron chi connectivity index (χ0n) is 32.9. The number of hydrogen-bond acceptors (Lipinski definition) is 3. The van der Waals surface area contributed by atoms with Crippen molar-refractivity contribution in [2.45, 2.75) is 0 Å². The van der Waals surface area contributed by atoms with Gasteiger partial charge in [0.25, 0.3) is 0 Å². The van der Waals surface area contributed by atoms with Gasteiger partial charge in [0, 0.05) is 44.5 Å². The largest absolute Gasteiger partial charge is 0.246 e. The van der Waals surface area contributed by atoms with Crippen LogP contribution in [0.15, 0.2) is 237 Å². The minimum atomic E-state index is 0.674. The maximum absolute atomic E-state index is 5.63. The second kappa shape index (κ2) is 16.5. The van der Waals surface area contributed by atoms with Crippen molar-refractivity contribution in [1.82, 2.24) is 15.0 Å². The first-order chi connectivity index (χ1) is 29.8. The van der Waals surface area contributed by atoms with Crippen molar-refractivity contribution in [3.8, 4) is 101 Å². The Morgan fingerprint density at radius 3 is 1.03 bits per heavy atom. The molecule has 10 rings (SSSR count). The van der Waals surface area contributed by atoms with Gasteiger partial charge in [-0.15, -0.1) is 0 Å². The Labute approximate surface area is 351 Å². The molecule has 0 unspecified atom stereocenters. The highest BCUT2D eigenvalue weighted by Crippen LogP contribution is 2.49. The van der Waals surface area contributed by atoms with Gasteiger partial charge < -0.3 is 0 Å². The van der Waals surface area contributed by atoms with Gasteiger partial charge in [0.2, 0.25) is 0 Å². The van der Waals surface area contributed by atoms with Gasteiger partial charge in [0.15, 0.2) is 5.82 Å². The van der Waals surface area contributed by atoms with Crippen LogP contribution in [0.3, 0.4) is 0 Å². The second-order valence-corrected chi connectivity index (χ2v) is 14.8. The molecule has 0 aliphatic heterocycles. The molecule has 8 aromatic carbocycles. The van der Waals surface area contributed by atoms with Crippen LogP contribution in [-0.4, -0.2) is 15.0 Å². The van der Waals surface area contributed by atoms with Crippen LogP contribution < -0.4 is 0 Å². The highest BCUT2D eigenvalue weighted by atomic mass is 14.9. The Morgan fingerprint density at radius 2 is 0.550 bits per heavy atom. The van der Waals surface area contributed by atoms with Gasteiger partial charge in [0.05, 0.1) is 22.8 Å². The molecule has 0 saturated heterocycles. The number of nitrogens with zero attached hydrogens (tertiary/aromatic N) is 3.